The molecule has 25 heavy (non-hydrogen) atoms. The van der Waals surface area contributed by atoms with E-state index in [2.05, 4.69) is 27.6 Å². The van der Waals surface area contributed by atoms with Crippen LogP contribution in [0.3, 0.4) is 0 Å². The predicted molar refractivity (Wildman–Crippen MR) is 89.8 cm³/mol. The molecule has 0 spiro atoms. The molecule has 1 atom stereocenters. The molecule has 0 bridgehead atoms. The van der Waals surface area contributed by atoms with Crippen molar-refractivity contribution in [2.24, 2.45) is 10.9 Å². The Morgan fingerprint density at radius 3 is 2.72 bits per heavy atom. The average Bonchev–Trinajstić information content (AvgIpc) is 2.55. The van der Waals surface area contributed by atoms with E-state index < -0.39 is 17.6 Å². The van der Waals surface area contributed by atoms with Gasteiger partial charge in [0, 0.05) is 26.7 Å². The summed E-state index contributed by atoms with van der Waals surface area (Å²) in [4.78, 5) is 6.31. The lowest BCUT2D eigenvalue weighted by molar-refractivity contribution is -0.138. The number of likely N-dealkylation sites (tertiary alicyclic amines) is 1. The van der Waals surface area contributed by atoms with Crippen LogP contribution in [0.4, 0.5) is 17.6 Å². The third-order valence-corrected chi connectivity index (χ3v) is 4.33. The number of alkyl halides is 3. The summed E-state index contributed by atoms with van der Waals surface area (Å²) in [5.74, 6) is 0.0135. The fraction of sp³-hybridized carbons (Fsp3) is 0.588. The van der Waals surface area contributed by atoms with E-state index in [1.165, 1.54) is 0 Å². The van der Waals surface area contributed by atoms with Crippen LogP contribution in [0.5, 0.6) is 0 Å². The Kier molecular flexibility index (Phi) is 6.64. The van der Waals surface area contributed by atoms with E-state index in [0.29, 0.717) is 24.5 Å². The second-order valence-electron chi connectivity index (χ2n) is 6.38. The summed E-state index contributed by atoms with van der Waals surface area (Å²) in [7, 11) is 3.64. The van der Waals surface area contributed by atoms with Crippen LogP contribution < -0.4 is 10.6 Å². The molecule has 0 amide bonds. The van der Waals surface area contributed by atoms with Crippen LogP contribution in [0.25, 0.3) is 0 Å². The molecule has 0 radical (unpaired) electrons. The van der Waals surface area contributed by atoms with E-state index in [4.69, 9.17) is 0 Å². The number of aliphatic imine (C=N–C) groups is 1. The molecule has 0 saturated carbocycles. The highest BCUT2D eigenvalue weighted by Crippen LogP contribution is 2.32. The summed E-state index contributed by atoms with van der Waals surface area (Å²) in [6, 6.07) is 2.69. The predicted octanol–water partition coefficient (Wildman–Crippen LogP) is 2.85. The summed E-state index contributed by atoms with van der Waals surface area (Å²) in [6.07, 6.45) is -2.34. The van der Waals surface area contributed by atoms with Crippen molar-refractivity contribution in [3.8, 4) is 0 Å². The van der Waals surface area contributed by atoms with Gasteiger partial charge in [0.05, 0.1) is 5.56 Å². The SMILES string of the molecule is CN=C(NCc1ccc(F)cc1C(F)(F)F)NCC1CCCN(C)C1. The average molecular weight is 360 g/mol. The van der Waals surface area contributed by atoms with Gasteiger partial charge in [-0.05, 0) is 50.0 Å². The fourth-order valence-corrected chi connectivity index (χ4v) is 3.05. The molecule has 0 aliphatic carbocycles. The molecule has 2 rings (SSSR count). The molecule has 1 aromatic carbocycles. The highest BCUT2D eigenvalue weighted by Gasteiger charge is 2.33. The minimum Gasteiger partial charge on any atom is -0.356 e. The van der Waals surface area contributed by atoms with Crippen molar-refractivity contribution >= 4 is 5.96 Å². The third-order valence-electron chi connectivity index (χ3n) is 4.33. The van der Waals surface area contributed by atoms with E-state index in [9.17, 15) is 17.6 Å². The smallest absolute Gasteiger partial charge is 0.356 e. The standard InChI is InChI=1S/C17H24F4N4/c1-22-16(23-9-12-4-3-7-25(2)11-12)24-10-13-5-6-14(18)8-15(13)17(19,20)21/h5-6,8,12H,3-4,7,9-11H2,1-2H3,(H2,22,23,24). The zero-order valence-corrected chi connectivity index (χ0v) is 14.5. The quantitative estimate of drug-likeness (QED) is 0.493. The summed E-state index contributed by atoms with van der Waals surface area (Å²) in [5, 5.41) is 6.03. The first-order valence-corrected chi connectivity index (χ1v) is 8.28. The first-order valence-electron chi connectivity index (χ1n) is 8.28. The van der Waals surface area contributed by atoms with Crippen molar-refractivity contribution < 1.29 is 17.6 Å². The van der Waals surface area contributed by atoms with Crippen molar-refractivity contribution in [3.05, 3.63) is 35.1 Å². The van der Waals surface area contributed by atoms with E-state index >= 15 is 0 Å². The molecule has 1 aliphatic heterocycles. The van der Waals surface area contributed by atoms with Crippen molar-refractivity contribution in [2.75, 3.05) is 33.7 Å². The summed E-state index contributed by atoms with van der Waals surface area (Å²) in [5.41, 5.74) is -0.987. The first kappa shape index (κ1) is 19.5. The van der Waals surface area contributed by atoms with Crippen LogP contribution in [0.2, 0.25) is 0 Å². The van der Waals surface area contributed by atoms with Gasteiger partial charge in [0.15, 0.2) is 5.96 Å². The van der Waals surface area contributed by atoms with Gasteiger partial charge in [-0.2, -0.15) is 13.2 Å². The Labute approximate surface area is 145 Å². The molecular formula is C17H24F4N4. The van der Waals surface area contributed by atoms with Gasteiger partial charge in [-0.1, -0.05) is 6.07 Å². The van der Waals surface area contributed by atoms with Crippen LogP contribution >= 0.6 is 0 Å². The van der Waals surface area contributed by atoms with Crippen molar-refractivity contribution in [1.29, 1.82) is 0 Å². The van der Waals surface area contributed by atoms with Gasteiger partial charge in [-0.3, -0.25) is 4.99 Å². The Hall–Kier alpha value is -1.83. The van der Waals surface area contributed by atoms with Gasteiger partial charge in [-0.15, -0.1) is 0 Å². The molecule has 1 saturated heterocycles. The highest BCUT2D eigenvalue weighted by atomic mass is 19.4. The second-order valence-corrected chi connectivity index (χ2v) is 6.38. The highest BCUT2D eigenvalue weighted by molar-refractivity contribution is 5.79. The van der Waals surface area contributed by atoms with Crippen molar-refractivity contribution in [1.82, 2.24) is 15.5 Å². The molecule has 1 fully saturated rings. The third kappa shape index (κ3) is 5.88. The van der Waals surface area contributed by atoms with Gasteiger partial charge in [-0.25, -0.2) is 4.39 Å². The number of halogens is 4. The van der Waals surface area contributed by atoms with Crippen LogP contribution in [-0.2, 0) is 12.7 Å². The zero-order valence-electron chi connectivity index (χ0n) is 14.5. The summed E-state index contributed by atoms with van der Waals surface area (Å²) in [6.45, 7) is 2.70. The zero-order chi connectivity index (χ0) is 18.4. The van der Waals surface area contributed by atoms with Crippen LogP contribution in [-0.4, -0.2) is 44.6 Å². The topological polar surface area (TPSA) is 39.7 Å². The molecule has 0 aromatic heterocycles. The van der Waals surface area contributed by atoms with Crippen LogP contribution in [0.1, 0.15) is 24.0 Å². The lowest BCUT2D eigenvalue weighted by atomic mass is 9.99. The fourth-order valence-electron chi connectivity index (χ4n) is 3.05. The number of guanidine groups is 1. The van der Waals surface area contributed by atoms with E-state index in [1.54, 1.807) is 7.05 Å². The van der Waals surface area contributed by atoms with Crippen LogP contribution in [0, 0.1) is 11.7 Å². The molecule has 1 aliphatic rings. The summed E-state index contributed by atoms with van der Waals surface area (Å²) < 4.78 is 52.2. The Morgan fingerprint density at radius 1 is 1.32 bits per heavy atom. The number of rotatable bonds is 4. The lowest BCUT2D eigenvalue weighted by Gasteiger charge is -2.30. The molecule has 8 heteroatoms. The maximum absolute atomic E-state index is 13.1. The second kappa shape index (κ2) is 8.51. The number of hydrogen-bond donors (Lipinski definition) is 2. The molecule has 1 aromatic rings. The van der Waals surface area contributed by atoms with E-state index in [1.807, 2.05) is 0 Å². The monoisotopic (exact) mass is 360 g/mol. The van der Waals surface area contributed by atoms with Crippen molar-refractivity contribution in [3.63, 3.8) is 0 Å². The van der Waals surface area contributed by atoms with Crippen LogP contribution in [0.15, 0.2) is 23.2 Å². The minimum absolute atomic E-state index is 0.0192. The Balaban J connectivity index is 1.93. The molecule has 1 heterocycles. The number of hydrogen-bond acceptors (Lipinski definition) is 2. The molecule has 1 unspecified atom stereocenters. The number of nitrogens with one attached hydrogen (secondary N) is 2. The first-order chi connectivity index (χ1) is 11.8. The van der Waals surface area contributed by atoms with Gasteiger partial charge >= 0.3 is 6.18 Å². The molecule has 2 N–H and O–H groups in total. The maximum atomic E-state index is 13.1. The summed E-state index contributed by atoms with van der Waals surface area (Å²) >= 11 is 0. The minimum atomic E-state index is -4.59. The number of benzene rings is 1. The maximum Gasteiger partial charge on any atom is 0.416 e. The normalized spacial score (nSPS) is 19.8. The Morgan fingerprint density at radius 2 is 2.08 bits per heavy atom. The largest absolute Gasteiger partial charge is 0.416 e. The van der Waals surface area contributed by atoms with E-state index in [-0.39, 0.29) is 12.1 Å². The van der Waals surface area contributed by atoms with Gasteiger partial charge in [0.2, 0.25) is 0 Å². The Bertz CT molecular complexity index is 601. The number of piperidine rings is 1. The van der Waals surface area contributed by atoms with E-state index in [0.717, 1.165) is 38.1 Å². The van der Waals surface area contributed by atoms with Gasteiger partial charge in [0.25, 0.3) is 0 Å². The van der Waals surface area contributed by atoms with Gasteiger partial charge < -0.3 is 15.5 Å². The lowest BCUT2D eigenvalue weighted by Crippen LogP contribution is -2.43. The molecule has 4 nitrogen and oxygen atoms in total. The molecule has 140 valence electrons. The number of nitrogens with zero attached hydrogens (tertiary/aromatic N) is 2. The molecular weight excluding hydrogens is 336 g/mol. The van der Waals surface area contributed by atoms with Gasteiger partial charge in [0.1, 0.15) is 5.82 Å². The van der Waals surface area contributed by atoms with Crippen molar-refractivity contribution in [2.45, 2.75) is 25.6 Å².